The van der Waals surface area contributed by atoms with Crippen LogP contribution in [0.25, 0.3) is 0 Å². The number of morpholine rings is 1. The number of rotatable bonds is 9. The molecule has 2 atom stereocenters. The molecule has 0 spiro atoms. The van der Waals surface area contributed by atoms with Crippen molar-refractivity contribution in [1.29, 1.82) is 0 Å². The lowest BCUT2D eigenvalue weighted by Gasteiger charge is -2.36. The second kappa shape index (κ2) is 11.1. The van der Waals surface area contributed by atoms with E-state index in [-0.39, 0.29) is 12.1 Å². The first-order chi connectivity index (χ1) is 13.6. The number of urea groups is 1. The van der Waals surface area contributed by atoms with E-state index in [1.807, 2.05) is 11.0 Å². The van der Waals surface area contributed by atoms with Crippen LogP contribution in [0.4, 0.5) is 4.79 Å². The summed E-state index contributed by atoms with van der Waals surface area (Å²) in [5.74, 6) is 0.596. The maximum absolute atomic E-state index is 13.1. The molecule has 3 heterocycles. The summed E-state index contributed by atoms with van der Waals surface area (Å²) in [6.07, 6.45) is 3.37. The first-order valence-electron chi connectivity index (χ1n) is 10.6. The van der Waals surface area contributed by atoms with Gasteiger partial charge < -0.3 is 19.7 Å². The minimum absolute atomic E-state index is 0.0194. The molecule has 0 bridgehead atoms. The molecule has 7 heteroatoms. The van der Waals surface area contributed by atoms with Crippen LogP contribution in [0.2, 0.25) is 0 Å². The van der Waals surface area contributed by atoms with Crippen molar-refractivity contribution in [1.82, 2.24) is 15.1 Å². The van der Waals surface area contributed by atoms with Crippen molar-refractivity contribution in [3.63, 3.8) is 0 Å². The van der Waals surface area contributed by atoms with Gasteiger partial charge in [0.25, 0.3) is 0 Å². The molecular formula is C21H35N3O3S. The molecule has 158 valence electrons. The Kier molecular flexibility index (Phi) is 8.58. The molecule has 2 saturated heterocycles. The first kappa shape index (κ1) is 21.6. The van der Waals surface area contributed by atoms with Crippen molar-refractivity contribution < 1.29 is 14.3 Å². The van der Waals surface area contributed by atoms with E-state index in [4.69, 9.17) is 9.47 Å². The fraction of sp³-hybridized carbons (Fsp3) is 0.762. The molecule has 1 aromatic heterocycles. The summed E-state index contributed by atoms with van der Waals surface area (Å²) < 4.78 is 11.3. The molecule has 1 N–H and O–H groups in total. The lowest BCUT2D eigenvalue weighted by atomic mass is 10.0. The van der Waals surface area contributed by atoms with Gasteiger partial charge in [-0.3, -0.25) is 4.90 Å². The number of amides is 2. The van der Waals surface area contributed by atoms with Crippen LogP contribution in [0.3, 0.4) is 0 Å². The molecule has 0 aliphatic carbocycles. The summed E-state index contributed by atoms with van der Waals surface area (Å²) in [5, 5.41) is 5.29. The summed E-state index contributed by atoms with van der Waals surface area (Å²) in [7, 11) is 0. The van der Waals surface area contributed by atoms with Crippen LogP contribution in [-0.4, -0.2) is 74.0 Å². The zero-order valence-corrected chi connectivity index (χ0v) is 18.1. The number of hydrogen-bond donors (Lipinski definition) is 1. The van der Waals surface area contributed by atoms with Gasteiger partial charge in [-0.25, -0.2) is 4.79 Å². The standard InChI is InChI=1S/C21H35N3O3S/c1-17(2)13-18(23-7-10-26-11-8-23)14-22-21(25)24(15-19-5-3-9-27-19)16-20-6-4-12-28-20/h4,6,12,17-19H,3,5,7-11,13-16H2,1-2H3,(H,22,25). The zero-order chi connectivity index (χ0) is 19.8. The maximum atomic E-state index is 13.1. The molecule has 2 aliphatic heterocycles. The molecule has 0 saturated carbocycles. The third kappa shape index (κ3) is 6.72. The van der Waals surface area contributed by atoms with E-state index < -0.39 is 0 Å². The monoisotopic (exact) mass is 409 g/mol. The Morgan fingerprint density at radius 2 is 2.18 bits per heavy atom. The highest BCUT2D eigenvalue weighted by atomic mass is 32.1. The lowest BCUT2D eigenvalue weighted by Crippen LogP contribution is -2.51. The number of nitrogens with one attached hydrogen (secondary N) is 1. The highest BCUT2D eigenvalue weighted by Gasteiger charge is 2.26. The third-order valence-corrected chi connectivity index (χ3v) is 6.32. The molecule has 1 aromatic rings. The van der Waals surface area contributed by atoms with Gasteiger partial charge in [-0.05, 0) is 36.6 Å². The van der Waals surface area contributed by atoms with Gasteiger partial charge in [0.05, 0.1) is 25.9 Å². The number of carbonyl (C=O) groups excluding carboxylic acids is 1. The lowest BCUT2D eigenvalue weighted by molar-refractivity contribution is 0.0125. The van der Waals surface area contributed by atoms with Crippen molar-refractivity contribution in [2.45, 2.75) is 51.8 Å². The van der Waals surface area contributed by atoms with Crippen LogP contribution in [-0.2, 0) is 16.0 Å². The number of carbonyl (C=O) groups is 1. The van der Waals surface area contributed by atoms with E-state index in [2.05, 4.69) is 35.5 Å². The van der Waals surface area contributed by atoms with E-state index in [1.165, 1.54) is 4.88 Å². The van der Waals surface area contributed by atoms with E-state index in [1.54, 1.807) is 11.3 Å². The Bertz CT molecular complexity index is 569. The summed E-state index contributed by atoms with van der Waals surface area (Å²) in [4.78, 5) is 18.6. The van der Waals surface area contributed by atoms with Gasteiger partial charge >= 0.3 is 6.03 Å². The van der Waals surface area contributed by atoms with Gasteiger partial charge in [0.1, 0.15) is 0 Å². The number of nitrogens with zero attached hydrogens (tertiary/aromatic N) is 2. The fourth-order valence-electron chi connectivity index (χ4n) is 4.01. The van der Waals surface area contributed by atoms with Crippen molar-refractivity contribution in [2.75, 3.05) is 46.0 Å². The Balaban J connectivity index is 1.58. The van der Waals surface area contributed by atoms with Gasteiger partial charge in [-0.2, -0.15) is 0 Å². The quantitative estimate of drug-likeness (QED) is 0.681. The largest absolute Gasteiger partial charge is 0.379 e. The van der Waals surface area contributed by atoms with Crippen LogP contribution in [0, 0.1) is 5.92 Å². The molecule has 0 aromatic carbocycles. The SMILES string of the molecule is CC(C)CC(CNC(=O)N(Cc1cccs1)CC1CCCO1)N1CCOCC1. The summed E-state index contributed by atoms with van der Waals surface area (Å²) in [5.41, 5.74) is 0. The molecule has 2 fully saturated rings. The molecule has 0 radical (unpaired) electrons. The van der Waals surface area contributed by atoms with E-state index in [9.17, 15) is 4.79 Å². The molecule has 2 unspecified atom stereocenters. The zero-order valence-electron chi connectivity index (χ0n) is 17.3. The number of thiophene rings is 1. The Hall–Kier alpha value is -1.15. The summed E-state index contributed by atoms with van der Waals surface area (Å²) in [6.45, 7) is 10.8. The second-order valence-corrected chi connectivity index (χ2v) is 9.24. The highest BCUT2D eigenvalue weighted by Crippen LogP contribution is 2.18. The Labute approximate surface area is 173 Å². The molecule has 2 aliphatic rings. The molecule has 2 amide bonds. The second-order valence-electron chi connectivity index (χ2n) is 8.21. The third-order valence-electron chi connectivity index (χ3n) is 5.46. The van der Waals surface area contributed by atoms with Crippen LogP contribution in [0.15, 0.2) is 17.5 Å². The molecular weight excluding hydrogens is 374 g/mol. The summed E-state index contributed by atoms with van der Waals surface area (Å²) in [6, 6.07) is 4.51. The predicted molar refractivity (Wildman–Crippen MR) is 113 cm³/mol. The highest BCUT2D eigenvalue weighted by molar-refractivity contribution is 7.09. The van der Waals surface area contributed by atoms with Crippen LogP contribution in [0.1, 0.15) is 38.0 Å². The normalized spacial score (nSPS) is 21.8. The Morgan fingerprint density at radius 3 is 2.82 bits per heavy atom. The van der Waals surface area contributed by atoms with Crippen LogP contribution < -0.4 is 5.32 Å². The minimum Gasteiger partial charge on any atom is -0.379 e. The number of ether oxygens (including phenoxy) is 2. The van der Waals surface area contributed by atoms with Gasteiger partial charge in [-0.1, -0.05) is 19.9 Å². The summed E-state index contributed by atoms with van der Waals surface area (Å²) >= 11 is 1.70. The van der Waals surface area contributed by atoms with Gasteiger partial charge in [0.2, 0.25) is 0 Å². The van der Waals surface area contributed by atoms with E-state index >= 15 is 0 Å². The fourth-order valence-corrected chi connectivity index (χ4v) is 4.73. The molecule has 28 heavy (non-hydrogen) atoms. The smallest absolute Gasteiger partial charge is 0.317 e. The van der Waals surface area contributed by atoms with Crippen molar-refractivity contribution >= 4 is 17.4 Å². The molecule has 3 rings (SSSR count). The minimum atomic E-state index is 0.0194. The first-order valence-corrected chi connectivity index (χ1v) is 11.5. The average Bonchev–Trinajstić information content (AvgIpc) is 3.39. The van der Waals surface area contributed by atoms with Crippen LogP contribution >= 0.6 is 11.3 Å². The van der Waals surface area contributed by atoms with E-state index in [0.717, 1.165) is 52.2 Å². The van der Waals surface area contributed by atoms with Crippen molar-refractivity contribution in [2.24, 2.45) is 5.92 Å². The molecule has 6 nitrogen and oxygen atoms in total. The van der Waals surface area contributed by atoms with Gasteiger partial charge in [-0.15, -0.1) is 11.3 Å². The van der Waals surface area contributed by atoms with Crippen molar-refractivity contribution in [3.05, 3.63) is 22.4 Å². The maximum Gasteiger partial charge on any atom is 0.317 e. The average molecular weight is 410 g/mol. The number of hydrogen-bond acceptors (Lipinski definition) is 5. The van der Waals surface area contributed by atoms with Gasteiger partial charge in [0.15, 0.2) is 0 Å². The topological polar surface area (TPSA) is 54.0 Å². The van der Waals surface area contributed by atoms with Crippen LogP contribution in [0.5, 0.6) is 0 Å². The van der Waals surface area contributed by atoms with E-state index in [0.29, 0.717) is 31.6 Å². The van der Waals surface area contributed by atoms with Gasteiger partial charge in [0, 0.05) is 43.7 Å². The predicted octanol–water partition coefficient (Wildman–Crippen LogP) is 3.19. The Morgan fingerprint density at radius 1 is 1.36 bits per heavy atom. The van der Waals surface area contributed by atoms with Crippen molar-refractivity contribution in [3.8, 4) is 0 Å².